The summed E-state index contributed by atoms with van der Waals surface area (Å²) >= 11 is 0. The molecule has 152 valence electrons. The zero-order valence-electron chi connectivity index (χ0n) is 15.2. The summed E-state index contributed by atoms with van der Waals surface area (Å²) in [6.45, 7) is 0.941. The third-order valence-corrected chi connectivity index (χ3v) is 6.69. The Labute approximate surface area is 169 Å². The number of sulfone groups is 1. The lowest BCUT2D eigenvalue weighted by molar-refractivity contribution is -0.119. The van der Waals surface area contributed by atoms with Crippen molar-refractivity contribution in [1.82, 2.24) is 5.32 Å². The molecule has 1 aliphatic heterocycles. The van der Waals surface area contributed by atoms with Gasteiger partial charge in [-0.15, -0.1) is 12.4 Å². The molecule has 28 heavy (non-hydrogen) atoms. The number of piperidine rings is 1. The van der Waals surface area contributed by atoms with E-state index in [9.17, 15) is 18.0 Å². The highest BCUT2D eigenvalue weighted by atomic mass is 35.5. The van der Waals surface area contributed by atoms with Gasteiger partial charge < -0.3 is 20.4 Å². The van der Waals surface area contributed by atoms with Gasteiger partial charge in [0.25, 0.3) is 5.91 Å². The number of anilines is 2. The van der Waals surface area contributed by atoms with Crippen LogP contribution in [0.5, 0.6) is 0 Å². The lowest BCUT2D eigenvalue weighted by Crippen LogP contribution is -2.55. The van der Waals surface area contributed by atoms with E-state index in [1.165, 1.54) is 6.26 Å². The van der Waals surface area contributed by atoms with Crippen LogP contribution in [0, 0.1) is 0 Å². The maximum absolute atomic E-state index is 12.8. The van der Waals surface area contributed by atoms with Crippen LogP contribution < -0.4 is 16.0 Å². The van der Waals surface area contributed by atoms with Crippen LogP contribution in [0.2, 0.25) is 0 Å². The Balaban J connectivity index is 0.00000280. The van der Waals surface area contributed by atoms with Gasteiger partial charge in [0.1, 0.15) is 0 Å². The number of benzene rings is 1. The number of halogens is 1. The van der Waals surface area contributed by atoms with E-state index >= 15 is 0 Å². The highest BCUT2D eigenvalue weighted by molar-refractivity contribution is 7.92. The fourth-order valence-electron chi connectivity index (χ4n) is 3.08. The van der Waals surface area contributed by atoms with Crippen LogP contribution in [0.15, 0.2) is 47.1 Å². The summed E-state index contributed by atoms with van der Waals surface area (Å²) in [5.41, 5.74) is 0.978. The van der Waals surface area contributed by atoms with Crippen LogP contribution in [0.1, 0.15) is 23.4 Å². The van der Waals surface area contributed by atoms with Crippen molar-refractivity contribution >= 4 is 45.4 Å². The molecule has 3 rings (SSSR count). The van der Waals surface area contributed by atoms with Crippen LogP contribution in [-0.2, 0) is 14.6 Å². The molecule has 0 atom stereocenters. The molecule has 1 aromatic carbocycles. The molecule has 3 N–H and O–H groups in total. The second kappa shape index (κ2) is 8.76. The summed E-state index contributed by atoms with van der Waals surface area (Å²) in [5, 5.41) is 8.44. The van der Waals surface area contributed by atoms with Crippen molar-refractivity contribution in [2.45, 2.75) is 17.6 Å². The number of carbonyl (C=O) groups excluding carboxylic acids is 2. The van der Waals surface area contributed by atoms with E-state index in [4.69, 9.17) is 4.42 Å². The Morgan fingerprint density at radius 1 is 1.04 bits per heavy atom. The SMILES string of the molecule is CS(=O)(=O)C1(C(=O)Nc2ccc(NC(=O)c3ccco3)cc2)CCNCC1.Cl. The zero-order valence-corrected chi connectivity index (χ0v) is 16.9. The van der Waals surface area contributed by atoms with Crippen molar-refractivity contribution in [3.8, 4) is 0 Å². The molecule has 1 fully saturated rings. The second-order valence-corrected chi connectivity index (χ2v) is 8.81. The minimum atomic E-state index is -3.58. The predicted octanol–water partition coefficient (Wildman–Crippen LogP) is 2.06. The first-order valence-corrected chi connectivity index (χ1v) is 10.4. The van der Waals surface area contributed by atoms with Crippen molar-refractivity contribution in [3.05, 3.63) is 48.4 Å². The molecule has 1 saturated heterocycles. The fraction of sp³-hybridized carbons (Fsp3) is 0.333. The average molecular weight is 428 g/mol. The fourth-order valence-corrected chi connectivity index (χ4v) is 4.41. The Bertz CT molecular complexity index is 921. The Hall–Kier alpha value is -2.36. The minimum Gasteiger partial charge on any atom is -0.459 e. The lowest BCUT2D eigenvalue weighted by Gasteiger charge is -2.34. The van der Waals surface area contributed by atoms with E-state index in [0.717, 1.165) is 6.26 Å². The third-order valence-electron chi connectivity index (χ3n) is 4.68. The molecule has 0 saturated carbocycles. The number of amides is 2. The van der Waals surface area contributed by atoms with E-state index in [2.05, 4.69) is 16.0 Å². The van der Waals surface area contributed by atoms with Crippen LogP contribution in [-0.4, -0.2) is 44.3 Å². The predicted molar refractivity (Wildman–Crippen MR) is 109 cm³/mol. The molecule has 2 heterocycles. The summed E-state index contributed by atoms with van der Waals surface area (Å²) in [5.74, 6) is -0.727. The van der Waals surface area contributed by atoms with Crippen LogP contribution in [0.25, 0.3) is 0 Å². The molecular weight excluding hydrogens is 406 g/mol. The van der Waals surface area contributed by atoms with E-state index in [1.54, 1.807) is 36.4 Å². The maximum Gasteiger partial charge on any atom is 0.291 e. The van der Waals surface area contributed by atoms with Gasteiger partial charge in [-0.25, -0.2) is 8.42 Å². The topological polar surface area (TPSA) is 118 Å². The van der Waals surface area contributed by atoms with Gasteiger partial charge in [0.15, 0.2) is 20.3 Å². The first-order valence-electron chi connectivity index (χ1n) is 8.48. The first-order chi connectivity index (χ1) is 12.8. The van der Waals surface area contributed by atoms with Crippen LogP contribution in [0.3, 0.4) is 0 Å². The van der Waals surface area contributed by atoms with E-state index in [-0.39, 0.29) is 36.9 Å². The number of nitrogens with one attached hydrogen (secondary N) is 3. The first kappa shape index (κ1) is 21.9. The average Bonchev–Trinajstić information content (AvgIpc) is 3.18. The van der Waals surface area contributed by atoms with Gasteiger partial charge in [0, 0.05) is 17.6 Å². The molecule has 8 nitrogen and oxygen atoms in total. The largest absolute Gasteiger partial charge is 0.459 e. The van der Waals surface area contributed by atoms with E-state index < -0.39 is 20.5 Å². The molecule has 0 spiro atoms. The summed E-state index contributed by atoms with van der Waals surface area (Å²) in [6.07, 6.45) is 2.97. The van der Waals surface area contributed by atoms with E-state index in [0.29, 0.717) is 24.5 Å². The molecule has 2 amide bonds. The van der Waals surface area contributed by atoms with Crippen molar-refractivity contribution < 1.29 is 22.4 Å². The molecule has 2 aromatic rings. The molecular formula is C18H22ClN3O5S. The number of furan rings is 1. The Morgan fingerprint density at radius 3 is 2.11 bits per heavy atom. The Kier molecular flexibility index (Phi) is 6.87. The van der Waals surface area contributed by atoms with Crippen molar-refractivity contribution in [3.63, 3.8) is 0 Å². The number of hydrogen-bond donors (Lipinski definition) is 3. The number of hydrogen-bond acceptors (Lipinski definition) is 6. The molecule has 0 bridgehead atoms. The van der Waals surface area contributed by atoms with Crippen LogP contribution >= 0.6 is 12.4 Å². The highest BCUT2D eigenvalue weighted by Crippen LogP contribution is 2.29. The summed E-state index contributed by atoms with van der Waals surface area (Å²) in [4.78, 5) is 24.7. The summed E-state index contributed by atoms with van der Waals surface area (Å²) < 4.78 is 28.2. The summed E-state index contributed by atoms with van der Waals surface area (Å²) in [6, 6.07) is 9.61. The standard InChI is InChI=1S/C18H21N3O5S.ClH/c1-27(24,25)18(8-10-19-11-9-18)17(23)21-14-6-4-13(5-7-14)20-16(22)15-3-2-12-26-15;/h2-7,12,19H,8-11H2,1H3,(H,20,22)(H,21,23);1H. The lowest BCUT2D eigenvalue weighted by atomic mass is 9.95. The Morgan fingerprint density at radius 2 is 1.61 bits per heavy atom. The zero-order chi connectivity index (χ0) is 19.5. The number of rotatable bonds is 5. The van der Waals surface area contributed by atoms with Gasteiger partial charge in [-0.1, -0.05) is 0 Å². The molecule has 1 aliphatic rings. The van der Waals surface area contributed by atoms with Gasteiger partial charge in [-0.05, 0) is 62.3 Å². The smallest absolute Gasteiger partial charge is 0.291 e. The second-order valence-electron chi connectivity index (χ2n) is 6.48. The normalized spacial score (nSPS) is 15.9. The number of carbonyl (C=O) groups is 2. The molecule has 0 radical (unpaired) electrons. The van der Waals surface area contributed by atoms with E-state index in [1.807, 2.05) is 0 Å². The third kappa shape index (κ3) is 4.54. The minimum absolute atomic E-state index is 0. The van der Waals surface area contributed by atoms with Gasteiger partial charge in [-0.2, -0.15) is 0 Å². The van der Waals surface area contributed by atoms with Crippen molar-refractivity contribution in [1.29, 1.82) is 0 Å². The van der Waals surface area contributed by atoms with Gasteiger partial charge in [0.2, 0.25) is 5.91 Å². The van der Waals surface area contributed by atoms with Crippen molar-refractivity contribution in [2.75, 3.05) is 30.0 Å². The molecule has 10 heteroatoms. The monoisotopic (exact) mass is 427 g/mol. The van der Waals surface area contributed by atoms with Gasteiger partial charge >= 0.3 is 0 Å². The maximum atomic E-state index is 12.8. The van der Waals surface area contributed by atoms with Crippen molar-refractivity contribution in [2.24, 2.45) is 0 Å². The molecule has 1 aromatic heterocycles. The quantitative estimate of drug-likeness (QED) is 0.672. The summed E-state index contributed by atoms with van der Waals surface area (Å²) in [7, 11) is -3.58. The van der Waals surface area contributed by atoms with Gasteiger partial charge in [-0.3, -0.25) is 9.59 Å². The van der Waals surface area contributed by atoms with Crippen LogP contribution in [0.4, 0.5) is 11.4 Å². The molecule has 0 unspecified atom stereocenters. The highest BCUT2D eigenvalue weighted by Gasteiger charge is 2.48. The molecule has 0 aliphatic carbocycles. The van der Waals surface area contributed by atoms with Gasteiger partial charge in [0.05, 0.1) is 6.26 Å².